The molecule has 2 N–H and O–H groups in total. The molecular formula is C28H28N2O4. The number of nitrogens with one attached hydrogen (secondary N) is 1. The van der Waals surface area contributed by atoms with Gasteiger partial charge in [-0.15, -0.1) is 0 Å². The molecule has 2 aliphatic rings. The maximum absolute atomic E-state index is 9.54. The van der Waals surface area contributed by atoms with E-state index in [-0.39, 0.29) is 5.75 Å². The van der Waals surface area contributed by atoms with Gasteiger partial charge < -0.3 is 24.3 Å². The molecule has 174 valence electrons. The topological polar surface area (TPSA) is 67.0 Å². The number of hydrogen-bond donors (Lipinski definition) is 2. The fourth-order valence-electron chi connectivity index (χ4n) is 5.39. The van der Waals surface area contributed by atoms with Crippen molar-refractivity contribution in [3.05, 3.63) is 82.5 Å². The molecule has 1 atom stereocenters. The van der Waals surface area contributed by atoms with Crippen LogP contribution in [0.3, 0.4) is 0 Å². The number of ether oxygens (including phenoxy) is 3. The van der Waals surface area contributed by atoms with Crippen molar-refractivity contribution in [1.29, 1.82) is 0 Å². The number of benzene rings is 3. The first-order chi connectivity index (χ1) is 16.6. The number of phenols is 1. The second-order valence-corrected chi connectivity index (χ2v) is 9.09. The molecule has 34 heavy (non-hydrogen) atoms. The number of aromatic nitrogens is 1. The summed E-state index contributed by atoms with van der Waals surface area (Å²) in [7, 11) is 3.41. The summed E-state index contributed by atoms with van der Waals surface area (Å²) in [5.41, 5.74) is 7.49. The van der Waals surface area contributed by atoms with Crippen molar-refractivity contribution >= 4 is 10.9 Å². The highest BCUT2D eigenvalue weighted by Crippen LogP contribution is 2.44. The van der Waals surface area contributed by atoms with E-state index in [1.165, 1.54) is 33.3 Å². The minimum Gasteiger partial charge on any atom is -0.508 e. The van der Waals surface area contributed by atoms with Crippen LogP contribution in [0.25, 0.3) is 10.9 Å². The lowest BCUT2D eigenvalue weighted by Crippen LogP contribution is -2.39. The van der Waals surface area contributed by atoms with E-state index in [1.807, 2.05) is 18.2 Å². The minimum absolute atomic E-state index is 0.252. The van der Waals surface area contributed by atoms with Gasteiger partial charge in [0, 0.05) is 35.7 Å². The molecule has 6 nitrogen and oxygen atoms in total. The second kappa shape index (κ2) is 8.29. The second-order valence-electron chi connectivity index (χ2n) is 9.09. The van der Waals surface area contributed by atoms with Crippen molar-refractivity contribution in [1.82, 2.24) is 9.88 Å². The fraction of sp³-hybridized carbons (Fsp3) is 0.286. The summed E-state index contributed by atoms with van der Waals surface area (Å²) in [4.78, 5) is 6.20. The van der Waals surface area contributed by atoms with Crippen molar-refractivity contribution in [2.45, 2.75) is 32.0 Å². The third kappa shape index (κ3) is 3.55. The largest absolute Gasteiger partial charge is 0.508 e. The molecule has 0 saturated carbocycles. The van der Waals surface area contributed by atoms with Gasteiger partial charge in [-0.3, -0.25) is 4.90 Å². The molecule has 2 aliphatic heterocycles. The molecule has 1 aromatic heterocycles. The average molecular weight is 457 g/mol. The van der Waals surface area contributed by atoms with E-state index in [1.54, 1.807) is 26.4 Å². The SMILES string of the molecule is COc1ccc2[nH]c3c(c2c1)CC1c2cc(OCc4ccc(O)cc4)c(OC)cc2CCN1C3. The van der Waals surface area contributed by atoms with Gasteiger partial charge in [0.2, 0.25) is 0 Å². The van der Waals surface area contributed by atoms with E-state index >= 15 is 0 Å². The molecule has 1 unspecified atom stereocenters. The molecule has 4 aromatic rings. The monoisotopic (exact) mass is 456 g/mol. The van der Waals surface area contributed by atoms with E-state index < -0.39 is 0 Å². The lowest BCUT2D eigenvalue weighted by molar-refractivity contribution is 0.158. The molecule has 0 spiro atoms. The van der Waals surface area contributed by atoms with Crippen molar-refractivity contribution in [2.75, 3.05) is 20.8 Å². The normalized spacial score (nSPS) is 17.1. The fourth-order valence-corrected chi connectivity index (χ4v) is 5.39. The summed E-state index contributed by atoms with van der Waals surface area (Å²) >= 11 is 0. The van der Waals surface area contributed by atoms with E-state index in [2.05, 4.69) is 34.1 Å². The van der Waals surface area contributed by atoms with Crippen LogP contribution in [-0.2, 0) is 26.0 Å². The van der Waals surface area contributed by atoms with Crippen LogP contribution in [0, 0.1) is 0 Å². The number of fused-ring (bicyclic) bond motifs is 6. The van der Waals surface area contributed by atoms with Gasteiger partial charge in [0.15, 0.2) is 11.5 Å². The van der Waals surface area contributed by atoms with E-state index in [0.717, 1.165) is 48.7 Å². The lowest BCUT2D eigenvalue weighted by Gasteiger charge is -2.40. The zero-order valence-electron chi connectivity index (χ0n) is 19.4. The van der Waals surface area contributed by atoms with Gasteiger partial charge in [0.05, 0.1) is 14.2 Å². The predicted octanol–water partition coefficient (Wildman–Crippen LogP) is 5.13. The Morgan fingerprint density at radius 2 is 1.85 bits per heavy atom. The van der Waals surface area contributed by atoms with Gasteiger partial charge in [-0.2, -0.15) is 0 Å². The maximum atomic E-state index is 9.54. The molecule has 0 radical (unpaired) electrons. The van der Waals surface area contributed by atoms with Gasteiger partial charge >= 0.3 is 0 Å². The number of H-pyrrole nitrogens is 1. The number of rotatable bonds is 5. The first kappa shape index (κ1) is 20.9. The molecule has 0 aliphatic carbocycles. The zero-order valence-corrected chi connectivity index (χ0v) is 19.4. The molecule has 0 bridgehead atoms. The number of methoxy groups -OCH3 is 2. The third-order valence-electron chi connectivity index (χ3n) is 7.18. The number of phenolic OH excluding ortho intramolecular Hbond substituents is 1. The quantitative estimate of drug-likeness (QED) is 0.436. The van der Waals surface area contributed by atoms with Crippen LogP contribution in [0.4, 0.5) is 0 Å². The Morgan fingerprint density at radius 3 is 2.65 bits per heavy atom. The zero-order chi connectivity index (χ0) is 23.2. The molecule has 6 heteroatoms. The lowest BCUT2D eigenvalue weighted by atomic mass is 9.85. The van der Waals surface area contributed by atoms with Gasteiger partial charge in [0.1, 0.15) is 18.1 Å². The first-order valence-corrected chi connectivity index (χ1v) is 11.7. The van der Waals surface area contributed by atoms with Crippen molar-refractivity contribution in [2.24, 2.45) is 0 Å². The first-order valence-electron chi connectivity index (χ1n) is 11.7. The number of hydrogen-bond acceptors (Lipinski definition) is 5. The number of aromatic amines is 1. The molecule has 0 amide bonds. The molecular weight excluding hydrogens is 428 g/mol. The van der Waals surface area contributed by atoms with Gasteiger partial charge in [0.25, 0.3) is 0 Å². The summed E-state index contributed by atoms with van der Waals surface area (Å²) in [6.07, 6.45) is 1.93. The Morgan fingerprint density at radius 1 is 1.00 bits per heavy atom. The van der Waals surface area contributed by atoms with Gasteiger partial charge in [-0.05, 0) is 77.6 Å². The maximum Gasteiger partial charge on any atom is 0.162 e. The summed E-state index contributed by atoms with van der Waals surface area (Å²) in [5.74, 6) is 2.65. The summed E-state index contributed by atoms with van der Waals surface area (Å²) in [6, 6.07) is 18.0. The van der Waals surface area contributed by atoms with Crippen molar-refractivity contribution in [3.63, 3.8) is 0 Å². The highest BCUT2D eigenvalue weighted by atomic mass is 16.5. The summed E-state index contributed by atoms with van der Waals surface area (Å²) in [6.45, 7) is 2.34. The van der Waals surface area contributed by atoms with Crippen LogP contribution < -0.4 is 14.2 Å². The van der Waals surface area contributed by atoms with Gasteiger partial charge in [-0.1, -0.05) is 12.1 Å². The van der Waals surface area contributed by atoms with Gasteiger partial charge in [-0.25, -0.2) is 0 Å². The highest BCUT2D eigenvalue weighted by Gasteiger charge is 2.34. The van der Waals surface area contributed by atoms with Crippen molar-refractivity contribution in [3.8, 4) is 23.0 Å². The number of aromatic hydroxyl groups is 1. The van der Waals surface area contributed by atoms with Crippen LogP contribution in [0.1, 0.15) is 34.0 Å². The minimum atomic E-state index is 0.252. The molecule has 0 saturated heterocycles. The third-order valence-corrected chi connectivity index (χ3v) is 7.18. The standard InChI is InChI=1S/C28H28N2O4/c1-32-20-7-8-24-22(12-20)23-13-26-21-14-28(34-16-17-3-5-19(31)6-4-17)27(33-2)11-18(21)9-10-30(26)15-25(23)29-24/h3-8,11-12,14,26,29,31H,9-10,13,15-16H2,1-2H3. The van der Waals surface area contributed by atoms with Crippen LogP contribution in [0.15, 0.2) is 54.6 Å². The number of nitrogens with zero attached hydrogens (tertiary/aromatic N) is 1. The Labute approximate surface area is 198 Å². The van der Waals surface area contributed by atoms with Crippen LogP contribution in [0.5, 0.6) is 23.0 Å². The Bertz CT molecular complexity index is 1360. The van der Waals surface area contributed by atoms with E-state index in [0.29, 0.717) is 12.6 Å². The summed E-state index contributed by atoms with van der Waals surface area (Å²) in [5, 5.41) is 10.8. The van der Waals surface area contributed by atoms with Crippen molar-refractivity contribution < 1.29 is 19.3 Å². The van der Waals surface area contributed by atoms with Crippen LogP contribution >= 0.6 is 0 Å². The predicted molar refractivity (Wildman–Crippen MR) is 131 cm³/mol. The Kier molecular flexibility index (Phi) is 5.11. The summed E-state index contributed by atoms with van der Waals surface area (Å²) < 4.78 is 17.4. The average Bonchev–Trinajstić information content (AvgIpc) is 3.23. The smallest absolute Gasteiger partial charge is 0.162 e. The molecule has 0 fully saturated rings. The van der Waals surface area contributed by atoms with Crippen LogP contribution in [-0.4, -0.2) is 35.8 Å². The van der Waals surface area contributed by atoms with Crippen LogP contribution in [0.2, 0.25) is 0 Å². The molecule has 6 rings (SSSR count). The highest BCUT2D eigenvalue weighted by molar-refractivity contribution is 5.86. The Balaban J connectivity index is 1.34. The van der Waals surface area contributed by atoms with E-state index in [4.69, 9.17) is 14.2 Å². The molecule has 3 aromatic carbocycles. The molecule has 3 heterocycles. The Hall–Kier alpha value is -3.64. The van der Waals surface area contributed by atoms with E-state index in [9.17, 15) is 5.11 Å².